The van der Waals surface area contributed by atoms with Crippen LogP contribution in [0.3, 0.4) is 0 Å². The Morgan fingerprint density at radius 1 is 1.47 bits per heavy atom. The fourth-order valence-corrected chi connectivity index (χ4v) is 2.30. The predicted octanol–water partition coefficient (Wildman–Crippen LogP) is 3.21. The summed E-state index contributed by atoms with van der Waals surface area (Å²) in [6.45, 7) is 4.47. The summed E-state index contributed by atoms with van der Waals surface area (Å²) < 4.78 is 0. The van der Waals surface area contributed by atoms with Crippen molar-refractivity contribution in [2.75, 3.05) is 25.0 Å². The van der Waals surface area contributed by atoms with Gasteiger partial charge in [-0.15, -0.1) is 0 Å². The summed E-state index contributed by atoms with van der Waals surface area (Å²) in [5, 5.41) is 7.03. The second kappa shape index (κ2) is 6.46. The topological polar surface area (TPSA) is 44.4 Å². The van der Waals surface area contributed by atoms with Crippen molar-refractivity contribution in [3.63, 3.8) is 0 Å². The molecule has 1 aromatic carbocycles. The average molecular weight is 302 g/mol. The molecule has 4 nitrogen and oxygen atoms in total. The zero-order chi connectivity index (χ0) is 13.8. The lowest BCUT2D eigenvalue weighted by atomic mass is 10.1. The van der Waals surface area contributed by atoms with Crippen molar-refractivity contribution in [2.45, 2.75) is 19.4 Å². The second-order valence-electron chi connectivity index (χ2n) is 4.56. The van der Waals surface area contributed by atoms with E-state index in [1.165, 1.54) is 0 Å². The van der Waals surface area contributed by atoms with E-state index in [0.29, 0.717) is 15.7 Å². The second-order valence-corrected chi connectivity index (χ2v) is 5.40. The molecule has 2 rings (SSSR count). The highest BCUT2D eigenvalue weighted by molar-refractivity contribution is 6.35. The van der Waals surface area contributed by atoms with Gasteiger partial charge in [0, 0.05) is 24.7 Å². The van der Waals surface area contributed by atoms with Gasteiger partial charge >= 0.3 is 6.03 Å². The maximum Gasteiger partial charge on any atom is 0.322 e. The number of amides is 2. The molecule has 1 fully saturated rings. The van der Waals surface area contributed by atoms with Crippen LogP contribution in [0.1, 0.15) is 13.3 Å². The summed E-state index contributed by atoms with van der Waals surface area (Å²) in [4.78, 5) is 14.1. The molecule has 19 heavy (non-hydrogen) atoms. The highest BCUT2D eigenvalue weighted by Gasteiger charge is 2.28. The van der Waals surface area contributed by atoms with Crippen molar-refractivity contribution in [3.05, 3.63) is 28.2 Å². The third-order valence-electron chi connectivity index (χ3n) is 3.10. The van der Waals surface area contributed by atoms with Crippen molar-refractivity contribution >= 4 is 34.9 Å². The van der Waals surface area contributed by atoms with Crippen LogP contribution >= 0.6 is 23.2 Å². The molecule has 1 heterocycles. The van der Waals surface area contributed by atoms with Gasteiger partial charge in [0.15, 0.2) is 0 Å². The van der Waals surface area contributed by atoms with Gasteiger partial charge in [-0.25, -0.2) is 4.79 Å². The molecule has 0 aromatic heterocycles. The lowest BCUT2D eigenvalue weighted by Gasteiger charge is -2.38. The Labute approximate surface area is 123 Å². The summed E-state index contributed by atoms with van der Waals surface area (Å²) in [6.07, 6.45) is 0.924. The number of hydrogen-bond donors (Lipinski definition) is 2. The molecule has 0 radical (unpaired) electrons. The Morgan fingerprint density at radius 2 is 2.21 bits per heavy atom. The first-order valence-corrected chi connectivity index (χ1v) is 7.10. The van der Waals surface area contributed by atoms with E-state index in [9.17, 15) is 4.79 Å². The molecule has 1 aliphatic rings. The van der Waals surface area contributed by atoms with Crippen molar-refractivity contribution in [2.24, 2.45) is 0 Å². The minimum atomic E-state index is -0.127. The van der Waals surface area contributed by atoms with Gasteiger partial charge in [0.25, 0.3) is 0 Å². The molecule has 6 heteroatoms. The number of halogens is 2. The smallest absolute Gasteiger partial charge is 0.319 e. The Balaban J connectivity index is 2.07. The maximum absolute atomic E-state index is 12.3. The van der Waals surface area contributed by atoms with Crippen LogP contribution in [0.25, 0.3) is 0 Å². The van der Waals surface area contributed by atoms with Crippen LogP contribution in [0.5, 0.6) is 0 Å². The molecule has 0 unspecified atom stereocenters. The number of rotatable bonds is 4. The molecule has 0 aliphatic carbocycles. The Hall–Kier alpha value is -0.970. The predicted molar refractivity (Wildman–Crippen MR) is 79.1 cm³/mol. The Morgan fingerprint density at radius 3 is 2.79 bits per heavy atom. The van der Waals surface area contributed by atoms with E-state index in [2.05, 4.69) is 17.6 Å². The molecule has 0 saturated carbocycles. The highest BCUT2D eigenvalue weighted by Crippen LogP contribution is 2.26. The molecule has 0 bridgehead atoms. The summed E-state index contributed by atoms with van der Waals surface area (Å²) >= 11 is 12.0. The lowest BCUT2D eigenvalue weighted by molar-refractivity contribution is 0.161. The highest BCUT2D eigenvalue weighted by atomic mass is 35.5. The molecule has 0 atom stereocenters. The normalized spacial score (nSPS) is 14.9. The van der Waals surface area contributed by atoms with Crippen LogP contribution in [-0.2, 0) is 0 Å². The summed E-state index contributed by atoms with van der Waals surface area (Å²) in [5.41, 5.74) is 0.549. The number of nitrogens with zero attached hydrogens (tertiary/aromatic N) is 1. The van der Waals surface area contributed by atoms with E-state index in [1.807, 2.05) is 4.90 Å². The van der Waals surface area contributed by atoms with Crippen LogP contribution in [-0.4, -0.2) is 36.6 Å². The number of hydrogen-bond acceptors (Lipinski definition) is 2. The van der Waals surface area contributed by atoms with Crippen LogP contribution in [0.2, 0.25) is 10.0 Å². The average Bonchev–Trinajstić information content (AvgIpc) is 2.31. The van der Waals surface area contributed by atoms with Crippen LogP contribution < -0.4 is 10.6 Å². The van der Waals surface area contributed by atoms with Crippen LogP contribution in [0, 0.1) is 0 Å². The van der Waals surface area contributed by atoms with Gasteiger partial charge in [-0.05, 0) is 24.6 Å². The number of urea groups is 1. The van der Waals surface area contributed by atoms with Gasteiger partial charge in [-0.2, -0.15) is 0 Å². The number of benzene rings is 1. The van der Waals surface area contributed by atoms with Gasteiger partial charge in [0.2, 0.25) is 0 Å². The molecule has 104 valence electrons. The monoisotopic (exact) mass is 301 g/mol. The van der Waals surface area contributed by atoms with Crippen molar-refractivity contribution in [1.82, 2.24) is 10.2 Å². The van der Waals surface area contributed by atoms with Crippen molar-refractivity contribution in [3.8, 4) is 0 Å². The van der Waals surface area contributed by atoms with E-state index in [0.717, 1.165) is 26.1 Å². The first kappa shape index (κ1) is 14.4. The van der Waals surface area contributed by atoms with Gasteiger partial charge in [0.05, 0.1) is 16.8 Å². The number of anilines is 1. The van der Waals surface area contributed by atoms with Crippen LogP contribution in [0.15, 0.2) is 18.2 Å². The van der Waals surface area contributed by atoms with Gasteiger partial charge in [-0.1, -0.05) is 30.1 Å². The van der Waals surface area contributed by atoms with E-state index in [1.54, 1.807) is 18.2 Å². The summed E-state index contributed by atoms with van der Waals surface area (Å²) in [5.74, 6) is 0. The molecule has 1 aliphatic heterocycles. The molecule has 2 amide bonds. The molecule has 1 saturated heterocycles. The molecule has 2 N–H and O–H groups in total. The number of nitrogens with one attached hydrogen (secondary N) is 2. The number of carbonyl (C=O) groups is 1. The zero-order valence-corrected chi connectivity index (χ0v) is 12.3. The third-order valence-corrected chi connectivity index (χ3v) is 3.66. The maximum atomic E-state index is 12.3. The first-order chi connectivity index (χ1) is 9.11. The summed E-state index contributed by atoms with van der Waals surface area (Å²) in [7, 11) is 0. The van der Waals surface area contributed by atoms with E-state index >= 15 is 0 Å². The molecule has 1 aromatic rings. The first-order valence-electron chi connectivity index (χ1n) is 6.35. The van der Waals surface area contributed by atoms with Crippen molar-refractivity contribution in [1.29, 1.82) is 0 Å². The number of carbonyl (C=O) groups excluding carboxylic acids is 1. The van der Waals surface area contributed by atoms with Gasteiger partial charge < -0.3 is 15.5 Å². The molecular formula is C13H17Cl2N3O. The summed E-state index contributed by atoms with van der Waals surface area (Å²) in [6, 6.07) is 5.16. The minimum absolute atomic E-state index is 0.127. The fraction of sp³-hybridized carbons (Fsp3) is 0.462. The van der Waals surface area contributed by atoms with Crippen LogP contribution in [0.4, 0.5) is 10.5 Å². The Bertz CT molecular complexity index is 463. The zero-order valence-electron chi connectivity index (χ0n) is 10.7. The van der Waals surface area contributed by atoms with E-state index < -0.39 is 0 Å². The minimum Gasteiger partial charge on any atom is -0.319 e. The van der Waals surface area contributed by atoms with Crippen molar-refractivity contribution < 1.29 is 4.79 Å². The quantitative estimate of drug-likeness (QED) is 0.897. The lowest BCUT2D eigenvalue weighted by Crippen LogP contribution is -2.59. The fourth-order valence-electron chi connectivity index (χ4n) is 1.96. The van der Waals surface area contributed by atoms with Gasteiger partial charge in [-0.3, -0.25) is 0 Å². The standard InChI is InChI=1S/C13H17Cl2N3O/c1-2-5-18(10-7-16-8-10)13(19)17-12-6-9(14)3-4-11(12)15/h3-4,6,10,16H,2,5,7-8H2,1H3,(H,17,19). The third kappa shape index (κ3) is 3.53. The van der Waals surface area contributed by atoms with Gasteiger partial charge in [0.1, 0.15) is 0 Å². The van der Waals surface area contributed by atoms with E-state index in [4.69, 9.17) is 23.2 Å². The Kier molecular flexibility index (Phi) is 4.91. The van der Waals surface area contributed by atoms with E-state index in [-0.39, 0.29) is 12.1 Å². The SMILES string of the molecule is CCCN(C(=O)Nc1cc(Cl)ccc1Cl)C1CNC1. The largest absolute Gasteiger partial charge is 0.322 e. The molecular weight excluding hydrogens is 285 g/mol. The molecule has 0 spiro atoms.